The van der Waals surface area contributed by atoms with Crippen LogP contribution in [0.3, 0.4) is 0 Å². The summed E-state index contributed by atoms with van der Waals surface area (Å²) in [5.74, 6) is 0. The fourth-order valence-corrected chi connectivity index (χ4v) is 2.58. The molecule has 0 radical (unpaired) electrons. The van der Waals surface area contributed by atoms with Crippen molar-refractivity contribution < 1.29 is 9.72 Å². The summed E-state index contributed by atoms with van der Waals surface area (Å²) in [5.41, 5.74) is 4.10. The number of carbonyl (C=O) groups is 1. The zero-order valence-electron chi connectivity index (χ0n) is 13.3. The zero-order valence-corrected chi connectivity index (χ0v) is 13.3. The SMILES string of the molecule is O=Cc1ccc(/C(=C\c2ccccc2)c2cccc([N+](=O)[O-])c2)cc1. The first-order valence-electron chi connectivity index (χ1n) is 7.74. The minimum atomic E-state index is -0.404. The van der Waals surface area contributed by atoms with Crippen LogP contribution in [0.25, 0.3) is 11.6 Å². The number of hydrogen-bond donors (Lipinski definition) is 0. The topological polar surface area (TPSA) is 60.2 Å². The number of hydrogen-bond acceptors (Lipinski definition) is 3. The molecule has 0 aliphatic carbocycles. The number of nitro benzene ring substituents is 1. The molecule has 0 heterocycles. The van der Waals surface area contributed by atoms with E-state index >= 15 is 0 Å². The maximum atomic E-state index is 11.1. The van der Waals surface area contributed by atoms with Crippen molar-refractivity contribution in [1.82, 2.24) is 0 Å². The quantitative estimate of drug-likeness (QED) is 0.286. The van der Waals surface area contributed by atoms with Crippen LogP contribution in [0.15, 0.2) is 78.9 Å². The van der Waals surface area contributed by atoms with Gasteiger partial charge in [0.05, 0.1) is 4.92 Å². The van der Waals surface area contributed by atoms with E-state index in [9.17, 15) is 14.9 Å². The number of nitrogens with zero attached hydrogens (tertiary/aromatic N) is 1. The summed E-state index contributed by atoms with van der Waals surface area (Å²) in [6, 6.07) is 23.4. The predicted molar refractivity (Wildman–Crippen MR) is 98.3 cm³/mol. The fourth-order valence-electron chi connectivity index (χ4n) is 2.58. The zero-order chi connectivity index (χ0) is 17.6. The molecule has 0 aliphatic heterocycles. The summed E-state index contributed by atoms with van der Waals surface area (Å²) in [6.07, 6.45) is 2.77. The van der Waals surface area contributed by atoms with Crippen molar-refractivity contribution in [3.05, 3.63) is 111 Å². The minimum Gasteiger partial charge on any atom is -0.298 e. The van der Waals surface area contributed by atoms with E-state index in [1.807, 2.05) is 54.6 Å². The number of nitro groups is 1. The third kappa shape index (κ3) is 3.87. The number of benzene rings is 3. The Bertz CT molecular complexity index is 929. The third-order valence-electron chi connectivity index (χ3n) is 3.84. The fraction of sp³-hybridized carbons (Fsp3) is 0. The van der Waals surface area contributed by atoms with Gasteiger partial charge in [-0.1, -0.05) is 66.7 Å². The molecule has 0 N–H and O–H groups in total. The summed E-state index contributed by atoms with van der Waals surface area (Å²) in [6.45, 7) is 0. The average molecular weight is 329 g/mol. The van der Waals surface area contributed by atoms with Gasteiger partial charge in [-0.2, -0.15) is 0 Å². The molecule has 0 aliphatic rings. The normalized spacial score (nSPS) is 11.1. The largest absolute Gasteiger partial charge is 0.298 e. The lowest BCUT2D eigenvalue weighted by molar-refractivity contribution is -0.384. The smallest absolute Gasteiger partial charge is 0.270 e. The van der Waals surface area contributed by atoms with E-state index in [1.165, 1.54) is 6.07 Å². The molecule has 0 saturated heterocycles. The molecule has 122 valence electrons. The lowest BCUT2D eigenvalue weighted by Crippen LogP contribution is -1.93. The van der Waals surface area contributed by atoms with Gasteiger partial charge in [-0.3, -0.25) is 14.9 Å². The van der Waals surface area contributed by atoms with Gasteiger partial charge in [-0.15, -0.1) is 0 Å². The Kier molecular flexibility index (Phi) is 4.81. The molecule has 0 unspecified atom stereocenters. The van der Waals surface area contributed by atoms with Crippen LogP contribution >= 0.6 is 0 Å². The Balaban J connectivity index is 2.14. The van der Waals surface area contributed by atoms with Gasteiger partial charge in [0.25, 0.3) is 5.69 Å². The first-order chi connectivity index (χ1) is 12.2. The Morgan fingerprint density at radius 2 is 1.52 bits per heavy atom. The highest BCUT2D eigenvalue weighted by atomic mass is 16.6. The third-order valence-corrected chi connectivity index (χ3v) is 3.84. The molecule has 4 heteroatoms. The van der Waals surface area contributed by atoms with Crippen molar-refractivity contribution in [2.24, 2.45) is 0 Å². The number of non-ortho nitro benzene ring substituents is 1. The lowest BCUT2D eigenvalue weighted by Gasteiger charge is -2.09. The maximum absolute atomic E-state index is 11.1. The number of aldehydes is 1. The van der Waals surface area contributed by atoms with Crippen LogP contribution < -0.4 is 0 Å². The molecule has 3 aromatic rings. The van der Waals surface area contributed by atoms with Crippen LogP contribution in [-0.4, -0.2) is 11.2 Å². The van der Waals surface area contributed by atoms with E-state index < -0.39 is 4.92 Å². The molecule has 0 fully saturated rings. The summed E-state index contributed by atoms with van der Waals surface area (Å²) < 4.78 is 0. The van der Waals surface area contributed by atoms with Crippen LogP contribution in [0.4, 0.5) is 5.69 Å². The monoisotopic (exact) mass is 329 g/mol. The lowest BCUT2D eigenvalue weighted by atomic mass is 9.94. The van der Waals surface area contributed by atoms with Crippen LogP contribution in [0.5, 0.6) is 0 Å². The van der Waals surface area contributed by atoms with Gasteiger partial charge in [0.2, 0.25) is 0 Å². The molecule has 3 rings (SSSR count). The first kappa shape index (κ1) is 16.3. The van der Waals surface area contributed by atoms with Gasteiger partial charge in [-0.25, -0.2) is 0 Å². The molecule has 0 atom stereocenters. The van der Waals surface area contributed by atoms with Gasteiger partial charge in [-0.05, 0) is 28.3 Å². The Morgan fingerprint density at radius 1 is 0.800 bits per heavy atom. The molecule has 0 bridgehead atoms. The van der Waals surface area contributed by atoms with E-state index in [-0.39, 0.29) is 5.69 Å². The Labute approximate surface area is 145 Å². The van der Waals surface area contributed by atoms with Gasteiger partial charge in [0, 0.05) is 17.7 Å². The Morgan fingerprint density at radius 3 is 2.16 bits per heavy atom. The second-order valence-corrected chi connectivity index (χ2v) is 5.52. The number of rotatable bonds is 5. The van der Waals surface area contributed by atoms with Crippen LogP contribution in [0, 0.1) is 10.1 Å². The van der Waals surface area contributed by atoms with Crippen molar-refractivity contribution >= 4 is 23.6 Å². The summed E-state index contributed by atoms with van der Waals surface area (Å²) >= 11 is 0. The van der Waals surface area contributed by atoms with Crippen molar-refractivity contribution in [3.8, 4) is 0 Å². The van der Waals surface area contributed by atoms with Gasteiger partial charge >= 0.3 is 0 Å². The molecule has 0 saturated carbocycles. The summed E-state index contributed by atoms with van der Waals surface area (Å²) in [4.78, 5) is 21.6. The molecule has 0 amide bonds. The van der Waals surface area contributed by atoms with E-state index in [0.29, 0.717) is 5.56 Å². The highest BCUT2D eigenvalue weighted by Crippen LogP contribution is 2.28. The second-order valence-electron chi connectivity index (χ2n) is 5.52. The van der Waals surface area contributed by atoms with E-state index in [4.69, 9.17) is 0 Å². The van der Waals surface area contributed by atoms with E-state index in [0.717, 1.165) is 28.5 Å². The highest BCUT2D eigenvalue weighted by molar-refractivity contribution is 5.92. The van der Waals surface area contributed by atoms with Crippen LogP contribution in [0.2, 0.25) is 0 Å². The molecule has 0 spiro atoms. The molecule has 25 heavy (non-hydrogen) atoms. The standard InChI is InChI=1S/C21H15NO3/c23-15-17-9-11-18(12-10-17)21(13-16-5-2-1-3-6-16)19-7-4-8-20(14-19)22(24)25/h1-15H/b21-13+. The van der Waals surface area contributed by atoms with Gasteiger partial charge < -0.3 is 0 Å². The van der Waals surface area contributed by atoms with E-state index in [1.54, 1.807) is 24.3 Å². The molecular formula is C21H15NO3. The van der Waals surface area contributed by atoms with Crippen LogP contribution in [-0.2, 0) is 0 Å². The summed E-state index contributed by atoms with van der Waals surface area (Å²) in [5, 5.41) is 11.1. The molecule has 0 aromatic heterocycles. The van der Waals surface area contributed by atoms with E-state index in [2.05, 4.69) is 0 Å². The average Bonchev–Trinajstić information content (AvgIpc) is 2.67. The molecule has 4 nitrogen and oxygen atoms in total. The van der Waals surface area contributed by atoms with Crippen molar-refractivity contribution in [1.29, 1.82) is 0 Å². The predicted octanol–water partition coefficient (Wildman–Crippen LogP) is 5.00. The van der Waals surface area contributed by atoms with Gasteiger partial charge in [0.1, 0.15) is 6.29 Å². The minimum absolute atomic E-state index is 0.0426. The van der Waals surface area contributed by atoms with Crippen molar-refractivity contribution in [2.75, 3.05) is 0 Å². The maximum Gasteiger partial charge on any atom is 0.270 e. The first-order valence-corrected chi connectivity index (χ1v) is 7.74. The van der Waals surface area contributed by atoms with Crippen molar-refractivity contribution in [2.45, 2.75) is 0 Å². The Hall–Kier alpha value is -3.53. The molecule has 3 aromatic carbocycles. The number of carbonyl (C=O) groups excluding carboxylic acids is 1. The molecular weight excluding hydrogens is 314 g/mol. The van der Waals surface area contributed by atoms with Crippen LogP contribution in [0.1, 0.15) is 27.0 Å². The van der Waals surface area contributed by atoms with Crippen molar-refractivity contribution in [3.63, 3.8) is 0 Å². The highest BCUT2D eigenvalue weighted by Gasteiger charge is 2.11. The van der Waals surface area contributed by atoms with Gasteiger partial charge in [0.15, 0.2) is 0 Å². The summed E-state index contributed by atoms with van der Waals surface area (Å²) in [7, 11) is 0. The second kappa shape index (κ2) is 7.36.